The number of nitrogens with two attached hydrogens (primary N) is 1. The molecule has 78 valence electrons. The van der Waals surface area contributed by atoms with Gasteiger partial charge < -0.3 is 10.5 Å². The summed E-state index contributed by atoms with van der Waals surface area (Å²) in [6.07, 6.45) is 0. The van der Waals surface area contributed by atoms with Gasteiger partial charge in [0.1, 0.15) is 19.3 Å². The van der Waals surface area contributed by atoms with Crippen LogP contribution in [0.3, 0.4) is 0 Å². The van der Waals surface area contributed by atoms with Crippen molar-refractivity contribution >= 4 is 5.97 Å². The first-order valence-corrected chi connectivity index (χ1v) is 4.30. The van der Waals surface area contributed by atoms with Gasteiger partial charge in [-0.15, -0.1) is 0 Å². The normalized spacial score (nSPS) is 13.0. The average molecular weight is 190 g/mol. The molecule has 0 spiro atoms. The lowest BCUT2D eigenvalue weighted by atomic mass is 10.1. The maximum absolute atomic E-state index is 11.1. The Kier molecular flexibility index (Phi) is 6.48. The molecule has 0 aromatic carbocycles. The number of esters is 1. The van der Waals surface area contributed by atoms with Crippen LogP contribution in [0.15, 0.2) is 0 Å². The van der Waals surface area contributed by atoms with E-state index in [1.807, 2.05) is 13.8 Å². The molecule has 0 radical (unpaired) electrons. The van der Waals surface area contributed by atoms with E-state index < -0.39 is 6.04 Å². The third-order valence-corrected chi connectivity index (χ3v) is 1.56. The van der Waals surface area contributed by atoms with Crippen LogP contribution in [0, 0.1) is 5.92 Å². The Bertz CT molecular complexity index is 150. The molecule has 0 rings (SSSR count). The van der Waals surface area contributed by atoms with E-state index in [0.717, 1.165) is 0 Å². The fourth-order valence-electron chi connectivity index (χ4n) is 0.654. The van der Waals surface area contributed by atoms with Gasteiger partial charge in [0.05, 0.1) is 0 Å². The van der Waals surface area contributed by atoms with Crippen LogP contribution in [-0.4, -0.2) is 32.3 Å². The predicted molar refractivity (Wildman–Crippen MR) is 48.8 cm³/mol. The minimum atomic E-state index is -0.547. The van der Waals surface area contributed by atoms with Crippen molar-refractivity contribution < 1.29 is 14.4 Å². The summed E-state index contributed by atoms with van der Waals surface area (Å²) >= 11 is 0. The third-order valence-electron chi connectivity index (χ3n) is 1.56. The summed E-state index contributed by atoms with van der Waals surface area (Å²) in [6, 6.07) is -0.547. The summed E-state index contributed by atoms with van der Waals surface area (Å²) < 4.78 is 4.84. The van der Waals surface area contributed by atoms with Crippen LogP contribution in [0.1, 0.15) is 13.8 Å². The summed E-state index contributed by atoms with van der Waals surface area (Å²) in [6.45, 7) is 4.29. The second-order valence-corrected chi connectivity index (χ2v) is 2.99. The van der Waals surface area contributed by atoms with Crippen molar-refractivity contribution in [2.75, 3.05) is 20.3 Å². The highest BCUT2D eigenvalue weighted by molar-refractivity contribution is 5.75. The smallest absolute Gasteiger partial charge is 0.323 e. The molecule has 0 fully saturated rings. The van der Waals surface area contributed by atoms with Crippen molar-refractivity contribution in [1.82, 2.24) is 5.48 Å². The van der Waals surface area contributed by atoms with Crippen molar-refractivity contribution in [2.24, 2.45) is 11.7 Å². The number of hydrogen-bond donors (Lipinski definition) is 2. The number of carbonyl (C=O) groups is 1. The molecule has 0 unspecified atom stereocenters. The highest BCUT2D eigenvalue weighted by atomic mass is 16.7. The minimum absolute atomic E-state index is 0.0951. The van der Waals surface area contributed by atoms with Crippen LogP contribution in [-0.2, 0) is 14.4 Å². The molecule has 0 saturated heterocycles. The maximum Gasteiger partial charge on any atom is 0.323 e. The molecule has 0 saturated carbocycles. The fourth-order valence-corrected chi connectivity index (χ4v) is 0.654. The summed E-state index contributed by atoms with van der Waals surface area (Å²) in [7, 11) is 1.64. The van der Waals surface area contributed by atoms with E-state index in [2.05, 4.69) is 5.48 Å². The van der Waals surface area contributed by atoms with E-state index in [-0.39, 0.29) is 18.5 Å². The molecule has 0 aromatic rings. The van der Waals surface area contributed by atoms with E-state index in [0.29, 0.717) is 6.61 Å². The zero-order valence-corrected chi connectivity index (χ0v) is 8.37. The molecule has 0 bridgehead atoms. The highest BCUT2D eigenvalue weighted by Gasteiger charge is 2.18. The first-order chi connectivity index (χ1) is 6.09. The monoisotopic (exact) mass is 190 g/mol. The molecule has 0 heterocycles. The molecule has 5 heteroatoms. The van der Waals surface area contributed by atoms with Crippen LogP contribution < -0.4 is 11.2 Å². The molecular formula is C8H18N2O3. The summed E-state index contributed by atoms with van der Waals surface area (Å²) in [5, 5.41) is 0. The first kappa shape index (κ1) is 12.3. The quantitative estimate of drug-likeness (QED) is 0.340. The zero-order valence-electron chi connectivity index (χ0n) is 8.37. The van der Waals surface area contributed by atoms with Gasteiger partial charge in [-0.3, -0.25) is 9.63 Å². The number of carbonyl (C=O) groups excluding carboxylic acids is 1. The average Bonchev–Trinajstić information content (AvgIpc) is 2.10. The topological polar surface area (TPSA) is 73.6 Å². The van der Waals surface area contributed by atoms with Crippen LogP contribution in [0.25, 0.3) is 0 Å². The summed E-state index contributed by atoms with van der Waals surface area (Å²) in [5.74, 6) is -0.285. The lowest BCUT2D eigenvalue weighted by Crippen LogP contribution is -2.37. The van der Waals surface area contributed by atoms with Crippen molar-refractivity contribution in [3.05, 3.63) is 0 Å². The Labute approximate surface area is 78.5 Å². The standard InChI is InChI=1S/C8H18N2O3/c1-6(2)7(9)8(11)12-4-5-13-10-3/h6-7,10H,4-5,9H2,1-3H3/t7-/m0/s1. The Balaban J connectivity index is 3.50. The largest absolute Gasteiger partial charge is 0.462 e. The predicted octanol–water partition coefficient (Wildman–Crippen LogP) is -0.336. The van der Waals surface area contributed by atoms with Crippen molar-refractivity contribution in [1.29, 1.82) is 0 Å². The highest BCUT2D eigenvalue weighted by Crippen LogP contribution is 1.99. The first-order valence-electron chi connectivity index (χ1n) is 4.30. The Morgan fingerprint density at radius 1 is 1.46 bits per heavy atom. The van der Waals surface area contributed by atoms with Gasteiger partial charge in [-0.25, -0.2) is 5.48 Å². The van der Waals surface area contributed by atoms with Gasteiger partial charge in [0.2, 0.25) is 0 Å². The fraction of sp³-hybridized carbons (Fsp3) is 0.875. The third kappa shape index (κ3) is 5.57. The second kappa shape index (κ2) is 6.82. The Morgan fingerprint density at radius 3 is 2.54 bits per heavy atom. The van der Waals surface area contributed by atoms with Gasteiger partial charge in [0.15, 0.2) is 0 Å². The lowest BCUT2D eigenvalue weighted by molar-refractivity contribution is -0.148. The zero-order chi connectivity index (χ0) is 10.3. The van der Waals surface area contributed by atoms with Gasteiger partial charge >= 0.3 is 5.97 Å². The SMILES string of the molecule is CNOCCOC(=O)[C@@H](N)C(C)C. The van der Waals surface area contributed by atoms with E-state index in [1.165, 1.54) is 0 Å². The van der Waals surface area contributed by atoms with Crippen LogP contribution in [0.2, 0.25) is 0 Å². The summed E-state index contributed by atoms with van der Waals surface area (Å²) in [4.78, 5) is 15.9. The molecule has 13 heavy (non-hydrogen) atoms. The van der Waals surface area contributed by atoms with Crippen molar-refractivity contribution in [3.8, 4) is 0 Å². The molecule has 0 aliphatic rings. The molecule has 0 aliphatic heterocycles. The van der Waals surface area contributed by atoms with Gasteiger partial charge in [0, 0.05) is 7.05 Å². The van der Waals surface area contributed by atoms with Gasteiger partial charge in [-0.1, -0.05) is 13.8 Å². The van der Waals surface area contributed by atoms with E-state index in [4.69, 9.17) is 15.3 Å². The van der Waals surface area contributed by atoms with E-state index in [9.17, 15) is 4.79 Å². The van der Waals surface area contributed by atoms with E-state index in [1.54, 1.807) is 7.05 Å². The molecule has 0 aromatic heterocycles. The van der Waals surface area contributed by atoms with Crippen LogP contribution >= 0.6 is 0 Å². The number of ether oxygens (including phenoxy) is 1. The number of nitrogens with one attached hydrogen (secondary N) is 1. The Hall–Kier alpha value is -0.650. The summed E-state index contributed by atoms with van der Waals surface area (Å²) in [5.41, 5.74) is 8.01. The molecular weight excluding hydrogens is 172 g/mol. The van der Waals surface area contributed by atoms with Gasteiger partial charge in [-0.05, 0) is 5.92 Å². The second-order valence-electron chi connectivity index (χ2n) is 2.99. The van der Waals surface area contributed by atoms with Gasteiger partial charge in [0.25, 0.3) is 0 Å². The van der Waals surface area contributed by atoms with Crippen LogP contribution in [0.4, 0.5) is 0 Å². The van der Waals surface area contributed by atoms with Crippen molar-refractivity contribution in [2.45, 2.75) is 19.9 Å². The number of rotatable bonds is 6. The van der Waals surface area contributed by atoms with Crippen LogP contribution in [0.5, 0.6) is 0 Å². The minimum Gasteiger partial charge on any atom is -0.462 e. The van der Waals surface area contributed by atoms with E-state index >= 15 is 0 Å². The lowest BCUT2D eigenvalue weighted by Gasteiger charge is -2.14. The molecule has 0 amide bonds. The molecule has 1 atom stereocenters. The number of hydroxylamine groups is 1. The van der Waals surface area contributed by atoms with Crippen molar-refractivity contribution in [3.63, 3.8) is 0 Å². The Morgan fingerprint density at radius 2 is 2.08 bits per heavy atom. The number of hydrogen-bond acceptors (Lipinski definition) is 5. The van der Waals surface area contributed by atoms with Gasteiger partial charge in [-0.2, -0.15) is 0 Å². The molecule has 3 N–H and O–H groups in total. The molecule has 5 nitrogen and oxygen atoms in total. The maximum atomic E-state index is 11.1. The molecule has 0 aliphatic carbocycles.